The lowest BCUT2D eigenvalue weighted by Gasteiger charge is -2.26. The molecule has 3 rings (SSSR count). The highest BCUT2D eigenvalue weighted by molar-refractivity contribution is 6.32. The van der Waals surface area contributed by atoms with Gasteiger partial charge < -0.3 is 9.64 Å². The second-order valence-corrected chi connectivity index (χ2v) is 5.81. The van der Waals surface area contributed by atoms with Crippen molar-refractivity contribution in [2.24, 2.45) is 0 Å². The largest absolute Gasteiger partial charge is 0.482 e. The molecule has 0 bridgehead atoms. The Morgan fingerprint density at radius 3 is 2.52 bits per heavy atom. The molecule has 23 heavy (non-hydrogen) atoms. The monoisotopic (exact) mass is 327 g/mol. The molecule has 0 saturated carbocycles. The molecule has 4 heteroatoms. The lowest BCUT2D eigenvalue weighted by atomic mass is 10.00. The van der Waals surface area contributed by atoms with Crippen LogP contribution in [-0.4, -0.2) is 30.5 Å². The van der Waals surface area contributed by atoms with Crippen LogP contribution in [-0.2, 0) is 4.79 Å². The summed E-state index contributed by atoms with van der Waals surface area (Å²) < 4.78 is 5.52. The first-order valence-corrected chi connectivity index (χ1v) is 8.01. The van der Waals surface area contributed by atoms with Crippen molar-refractivity contribution in [3.63, 3.8) is 0 Å². The lowest BCUT2D eigenvalue weighted by Crippen LogP contribution is -2.37. The number of amides is 1. The summed E-state index contributed by atoms with van der Waals surface area (Å²) in [5, 5.41) is 0.519. The molecule has 3 nitrogen and oxygen atoms in total. The molecule has 0 saturated heterocycles. The highest BCUT2D eigenvalue weighted by Crippen LogP contribution is 2.24. The molecule has 0 N–H and O–H groups in total. The number of hydrogen-bond acceptors (Lipinski definition) is 2. The van der Waals surface area contributed by atoms with Gasteiger partial charge in [0.25, 0.3) is 5.91 Å². The van der Waals surface area contributed by atoms with E-state index in [0.717, 1.165) is 6.42 Å². The Balaban J connectivity index is 1.56. The van der Waals surface area contributed by atoms with E-state index in [0.29, 0.717) is 23.9 Å². The first-order valence-electron chi connectivity index (χ1n) is 7.63. The second kappa shape index (κ2) is 7.34. The van der Waals surface area contributed by atoms with Crippen molar-refractivity contribution in [2.45, 2.75) is 6.42 Å². The summed E-state index contributed by atoms with van der Waals surface area (Å²) in [4.78, 5) is 14.1. The maximum absolute atomic E-state index is 12.3. The van der Waals surface area contributed by atoms with Crippen LogP contribution in [0.5, 0.6) is 5.75 Å². The number of rotatable bonds is 4. The van der Waals surface area contributed by atoms with Crippen molar-refractivity contribution in [1.82, 2.24) is 4.90 Å². The molecular weight excluding hydrogens is 310 g/mol. The topological polar surface area (TPSA) is 29.5 Å². The molecule has 0 aliphatic carbocycles. The van der Waals surface area contributed by atoms with Crippen LogP contribution in [0.25, 0.3) is 5.57 Å². The van der Waals surface area contributed by atoms with Crippen LogP contribution in [0.15, 0.2) is 60.7 Å². The van der Waals surface area contributed by atoms with E-state index in [-0.39, 0.29) is 12.5 Å². The van der Waals surface area contributed by atoms with Gasteiger partial charge in [-0.25, -0.2) is 0 Å². The van der Waals surface area contributed by atoms with Gasteiger partial charge in [-0.3, -0.25) is 4.79 Å². The van der Waals surface area contributed by atoms with E-state index >= 15 is 0 Å². The molecule has 0 unspecified atom stereocenters. The third kappa shape index (κ3) is 3.93. The van der Waals surface area contributed by atoms with Crippen molar-refractivity contribution < 1.29 is 9.53 Å². The number of hydrogen-bond donors (Lipinski definition) is 0. The Morgan fingerprint density at radius 2 is 1.83 bits per heavy atom. The van der Waals surface area contributed by atoms with Gasteiger partial charge in [0.15, 0.2) is 6.61 Å². The van der Waals surface area contributed by atoms with Gasteiger partial charge >= 0.3 is 0 Å². The van der Waals surface area contributed by atoms with E-state index < -0.39 is 0 Å². The van der Waals surface area contributed by atoms with E-state index in [1.54, 1.807) is 12.1 Å². The molecular formula is C19H18ClNO2. The number of halogens is 1. The normalized spacial score (nSPS) is 14.3. The van der Waals surface area contributed by atoms with Crippen molar-refractivity contribution in [2.75, 3.05) is 19.7 Å². The van der Waals surface area contributed by atoms with Gasteiger partial charge in [0.05, 0.1) is 5.02 Å². The fraction of sp³-hybridized carbons (Fsp3) is 0.211. The number of carbonyl (C=O) groups excluding carboxylic acids is 1. The smallest absolute Gasteiger partial charge is 0.260 e. The zero-order chi connectivity index (χ0) is 16.1. The van der Waals surface area contributed by atoms with Crippen molar-refractivity contribution >= 4 is 23.1 Å². The Hall–Kier alpha value is -2.26. The van der Waals surface area contributed by atoms with Gasteiger partial charge in [-0.15, -0.1) is 0 Å². The summed E-state index contributed by atoms with van der Waals surface area (Å²) in [6, 6.07) is 17.5. The maximum atomic E-state index is 12.3. The summed E-state index contributed by atoms with van der Waals surface area (Å²) in [6.07, 6.45) is 2.98. The van der Waals surface area contributed by atoms with Crippen LogP contribution in [0.2, 0.25) is 5.02 Å². The summed E-state index contributed by atoms with van der Waals surface area (Å²) in [6.45, 7) is 1.35. The van der Waals surface area contributed by atoms with Crippen molar-refractivity contribution in [3.05, 3.63) is 71.3 Å². The number of benzene rings is 2. The number of nitrogens with zero attached hydrogens (tertiary/aromatic N) is 1. The van der Waals surface area contributed by atoms with Crippen LogP contribution in [0.1, 0.15) is 12.0 Å². The van der Waals surface area contributed by atoms with Crippen molar-refractivity contribution in [1.29, 1.82) is 0 Å². The highest BCUT2D eigenvalue weighted by Gasteiger charge is 2.18. The molecule has 0 radical (unpaired) electrons. The lowest BCUT2D eigenvalue weighted by molar-refractivity contribution is -0.132. The van der Waals surface area contributed by atoms with Crippen LogP contribution in [0.4, 0.5) is 0 Å². The SMILES string of the molecule is O=C(COc1ccccc1Cl)N1CC=C(c2ccccc2)CC1. The minimum absolute atomic E-state index is 0.0121. The number of carbonyl (C=O) groups is 1. The van der Waals surface area contributed by atoms with Gasteiger partial charge in [0, 0.05) is 13.1 Å². The van der Waals surface area contributed by atoms with Crippen LogP contribution in [0.3, 0.4) is 0 Å². The summed E-state index contributed by atoms with van der Waals surface area (Å²) >= 11 is 6.02. The molecule has 1 aliphatic heterocycles. The molecule has 118 valence electrons. The van der Waals surface area contributed by atoms with Crippen LogP contribution in [0, 0.1) is 0 Å². The van der Waals surface area contributed by atoms with Gasteiger partial charge in [0.1, 0.15) is 5.75 Å². The summed E-state index contributed by atoms with van der Waals surface area (Å²) in [7, 11) is 0. The predicted octanol–water partition coefficient (Wildman–Crippen LogP) is 4.03. The van der Waals surface area contributed by atoms with Crippen LogP contribution < -0.4 is 4.74 Å². The van der Waals surface area contributed by atoms with E-state index in [1.807, 2.05) is 35.2 Å². The average Bonchev–Trinajstić information content (AvgIpc) is 2.62. The first kappa shape index (κ1) is 15.6. The number of para-hydroxylation sites is 1. The zero-order valence-electron chi connectivity index (χ0n) is 12.7. The first-order chi connectivity index (χ1) is 11.2. The fourth-order valence-electron chi connectivity index (χ4n) is 2.60. The molecule has 1 amide bonds. The number of ether oxygens (including phenoxy) is 1. The predicted molar refractivity (Wildman–Crippen MR) is 92.6 cm³/mol. The second-order valence-electron chi connectivity index (χ2n) is 5.40. The van der Waals surface area contributed by atoms with Gasteiger partial charge in [0.2, 0.25) is 0 Å². The Bertz CT molecular complexity index is 712. The van der Waals surface area contributed by atoms with Gasteiger partial charge in [-0.1, -0.05) is 60.1 Å². The highest BCUT2D eigenvalue weighted by atomic mass is 35.5. The van der Waals surface area contributed by atoms with E-state index in [1.165, 1.54) is 11.1 Å². The standard InChI is InChI=1S/C19H18ClNO2/c20-17-8-4-5-9-18(17)23-14-19(22)21-12-10-16(11-13-21)15-6-2-1-3-7-15/h1-10H,11-14H2. The molecule has 0 atom stereocenters. The quantitative estimate of drug-likeness (QED) is 0.848. The molecule has 1 aliphatic rings. The summed E-state index contributed by atoms with van der Waals surface area (Å²) in [5.74, 6) is 0.522. The van der Waals surface area contributed by atoms with Crippen molar-refractivity contribution in [3.8, 4) is 5.75 Å². The van der Waals surface area contributed by atoms with Gasteiger partial charge in [-0.05, 0) is 29.7 Å². The van der Waals surface area contributed by atoms with E-state index in [4.69, 9.17) is 16.3 Å². The van der Waals surface area contributed by atoms with Crippen LogP contribution >= 0.6 is 11.6 Å². The Kier molecular flexibility index (Phi) is 4.99. The molecule has 2 aromatic rings. The van der Waals surface area contributed by atoms with E-state index in [2.05, 4.69) is 18.2 Å². The average molecular weight is 328 g/mol. The Morgan fingerprint density at radius 1 is 1.09 bits per heavy atom. The third-order valence-corrected chi connectivity index (χ3v) is 4.21. The minimum atomic E-state index is -0.0201. The molecule has 2 aromatic carbocycles. The molecule has 0 aromatic heterocycles. The molecule has 0 fully saturated rings. The zero-order valence-corrected chi connectivity index (χ0v) is 13.5. The summed E-state index contributed by atoms with van der Waals surface area (Å²) in [5.41, 5.74) is 2.52. The van der Waals surface area contributed by atoms with E-state index in [9.17, 15) is 4.79 Å². The molecule has 0 spiro atoms. The maximum Gasteiger partial charge on any atom is 0.260 e. The van der Waals surface area contributed by atoms with Gasteiger partial charge in [-0.2, -0.15) is 0 Å². The fourth-order valence-corrected chi connectivity index (χ4v) is 2.79. The third-order valence-electron chi connectivity index (χ3n) is 3.89. The Labute approximate surface area is 141 Å². The molecule has 1 heterocycles. The minimum Gasteiger partial charge on any atom is -0.482 e.